The Hall–Kier alpha value is 0.636. The summed E-state index contributed by atoms with van der Waals surface area (Å²) < 4.78 is 0. The number of nitrogen functional groups attached to an aromatic ring is 1. The Labute approximate surface area is 127 Å². The van der Waals surface area contributed by atoms with E-state index in [2.05, 4.69) is 4.98 Å². The zero-order chi connectivity index (χ0) is 9.30. The number of carboxylic acid groups (broad SMARTS) is 1. The van der Waals surface area contributed by atoms with Crippen molar-refractivity contribution in [3.05, 3.63) is 21.9 Å². The van der Waals surface area contributed by atoms with Crippen LogP contribution in [-0.4, -0.2) is 11.0 Å². The molecule has 0 fully saturated rings. The van der Waals surface area contributed by atoms with Crippen molar-refractivity contribution in [1.82, 2.24) is 4.98 Å². The van der Waals surface area contributed by atoms with E-state index in [1.807, 2.05) is 0 Å². The second kappa shape index (κ2) is 5.50. The summed E-state index contributed by atoms with van der Waals surface area (Å²) in [5.41, 5.74) is 4.89. The van der Waals surface area contributed by atoms with Gasteiger partial charge in [-0.15, -0.1) is 0 Å². The summed E-state index contributed by atoms with van der Waals surface area (Å²) in [7, 11) is 0. The molecular formula is C6H3Cl2KN2O2. The number of aromatic carboxylic acids is 1. The molecule has 0 atom stereocenters. The SMILES string of the molecule is Nc1c(C(=O)[O-])cc(Cl)nc1Cl.[K+]. The van der Waals surface area contributed by atoms with Crippen LogP contribution in [0.1, 0.15) is 10.4 Å². The molecule has 0 bridgehead atoms. The van der Waals surface area contributed by atoms with Crippen LogP contribution >= 0.6 is 23.2 Å². The molecule has 0 radical (unpaired) electrons. The number of pyridine rings is 1. The topological polar surface area (TPSA) is 79.0 Å². The van der Waals surface area contributed by atoms with Crippen LogP contribution in [-0.2, 0) is 0 Å². The molecule has 64 valence electrons. The predicted molar refractivity (Wildman–Crippen MR) is 43.0 cm³/mol. The number of anilines is 1. The number of hydrogen-bond acceptors (Lipinski definition) is 4. The third-order valence-corrected chi connectivity index (χ3v) is 1.68. The van der Waals surface area contributed by atoms with Crippen LogP contribution in [0.25, 0.3) is 0 Å². The van der Waals surface area contributed by atoms with Gasteiger partial charge in [0, 0.05) is 5.56 Å². The quantitative estimate of drug-likeness (QED) is 0.432. The van der Waals surface area contributed by atoms with Gasteiger partial charge in [-0.25, -0.2) is 4.98 Å². The maximum atomic E-state index is 10.4. The molecule has 4 nitrogen and oxygen atoms in total. The molecule has 13 heavy (non-hydrogen) atoms. The minimum absolute atomic E-state index is 0. The van der Waals surface area contributed by atoms with Crippen LogP contribution < -0.4 is 62.2 Å². The van der Waals surface area contributed by atoms with E-state index in [4.69, 9.17) is 28.9 Å². The van der Waals surface area contributed by atoms with Crippen LogP contribution in [0, 0.1) is 0 Å². The molecule has 1 aromatic heterocycles. The number of aromatic nitrogens is 1. The fraction of sp³-hybridized carbons (Fsp3) is 0. The van der Waals surface area contributed by atoms with Crippen molar-refractivity contribution in [3.8, 4) is 0 Å². The number of halogens is 2. The Morgan fingerprint density at radius 1 is 1.54 bits per heavy atom. The van der Waals surface area contributed by atoms with Gasteiger partial charge in [0.1, 0.15) is 5.15 Å². The maximum absolute atomic E-state index is 10.4. The molecule has 0 aliphatic rings. The molecule has 0 aliphatic carbocycles. The van der Waals surface area contributed by atoms with Gasteiger partial charge < -0.3 is 15.6 Å². The van der Waals surface area contributed by atoms with Crippen LogP contribution in [0.2, 0.25) is 10.3 Å². The Morgan fingerprint density at radius 2 is 2.08 bits per heavy atom. The molecule has 0 amide bonds. The van der Waals surface area contributed by atoms with Gasteiger partial charge in [-0.2, -0.15) is 0 Å². The van der Waals surface area contributed by atoms with Crippen molar-refractivity contribution in [3.63, 3.8) is 0 Å². The Morgan fingerprint density at radius 3 is 2.54 bits per heavy atom. The van der Waals surface area contributed by atoms with Crippen molar-refractivity contribution in [2.75, 3.05) is 5.73 Å². The fourth-order valence-electron chi connectivity index (χ4n) is 0.663. The van der Waals surface area contributed by atoms with E-state index >= 15 is 0 Å². The monoisotopic (exact) mass is 244 g/mol. The van der Waals surface area contributed by atoms with Crippen molar-refractivity contribution in [1.29, 1.82) is 0 Å². The summed E-state index contributed by atoms with van der Waals surface area (Å²) in [6.07, 6.45) is 0. The summed E-state index contributed by atoms with van der Waals surface area (Å²) in [5, 5.41) is 10.2. The van der Waals surface area contributed by atoms with Gasteiger partial charge in [-0.05, 0) is 6.07 Å². The molecule has 1 heterocycles. The summed E-state index contributed by atoms with van der Waals surface area (Å²) in [6, 6.07) is 1.08. The minimum Gasteiger partial charge on any atom is -0.545 e. The molecule has 0 spiro atoms. The minimum atomic E-state index is -1.43. The number of carbonyl (C=O) groups excluding carboxylic acids is 1. The molecule has 0 aliphatic heterocycles. The number of carboxylic acids is 1. The van der Waals surface area contributed by atoms with E-state index < -0.39 is 5.97 Å². The predicted octanol–water partition coefficient (Wildman–Crippen LogP) is -2.66. The van der Waals surface area contributed by atoms with Crippen molar-refractivity contribution in [2.24, 2.45) is 0 Å². The largest absolute Gasteiger partial charge is 1.00 e. The Balaban J connectivity index is 0.00000144. The first-order valence-electron chi connectivity index (χ1n) is 2.85. The third-order valence-electron chi connectivity index (χ3n) is 1.20. The average Bonchev–Trinajstić information content (AvgIpc) is 1.96. The van der Waals surface area contributed by atoms with Crippen molar-refractivity contribution < 1.29 is 61.3 Å². The summed E-state index contributed by atoms with van der Waals surface area (Å²) in [6.45, 7) is 0. The number of carbonyl (C=O) groups is 1. The second-order valence-electron chi connectivity index (χ2n) is 1.98. The van der Waals surface area contributed by atoms with Crippen molar-refractivity contribution >= 4 is 34.9 Å². The first kappa shape index (κ1) is 13.6. The van der Waals surface area contributed by atoms with Gasteiger partial charge >= 0.3 is 51.4 Å². The second-order valence-corrected chi connectivity index (χ2v) is 2.73. The van der Waals surface area contributed by atoms with Gasteiger partial charge in [0.25, 0.3) is 0 Å². The van der Waals surface area contributed by atoms with E-state index in [0.717, 1.165) is 6.07 Å². The summed E-state index contributed by atoms with van der Waals surface area (Å²) >= 11 is 10.9. The Kier molecular flexibility index (Phi) is 5.77. The Bertz CT molecular complexity index is 346. The van der Waals surface area contributed by atoms with E-state index in [1.165, 1.54) is 0 Å². The molecule has 0 aromatic carbocycles. The molecule has 0 unspecified atom stereocenters. The molecule has 1 rings (SSSR count). The van der Waals surface area contributed by atoms with Gasteiger partial charge in [0.15, 0.2) is 5.15 Å². The number of rotatable bonds is 1. The normalized spacial score (nSPS) is 9.08. The zero-order valence-electron chi connectivity index (χ0n) is 6.67. The standard InChI is InChI=1S/C6H4Cl2N2O2.K/c7-3-1-2(6(11)12)4(9)5(8)10-3;/h1H,9H2,(H,11,12);/q;+1/p-1. The maximum Gasteiger partial charge on any atom is 1.00 e. The van der Waals surface area contributed by atoms with Gasteiger partial charge in [0.05, 0.1) is 11.7 Å². The van der Waals surface area contributed by atoms with Gasteiger partial charge in [-0.1, -0.05) is 23.2 Å². The smallest absolute Gasteiger partial charge is 0.545 e. The molecule has 0 saturated carbocycles. The molecular weight excluding hydrogens is 242 g/mol. The summed E-state index contributed by atoms with van der Waals surface area (Å²) in [4.78, 5) is 13.9. The van der Waals surface area contributed by atoms with Gasteiger partial charge in [-0.3, -0.25) is 0 Å². The number of nitrogens with zero attached hydrogens (tertiary/aromatic N) is 1. The van der Waals surface area contributed by atoms with E-state index in [9.17, 15) is 9.90 Å². The molecule has 2 N–H and O–H groups in total. The summed E-state index contributed by atoms with van der Waals surface area (Å²) in [5.74, 6) is -1.43. The first-order valence-corrected chi connectivity index (χ1v) is 3.61. The zero-order valence-corrected chi connectivity index (χ0v) is 11.3. The molecule has 7 heteroatoms. The van der Waals surface area contributed by atoms with Crippen molar-refractivity contribution in [2.45, 2.75) is 0 Å². The van der Waals surface area contributed by atoms with Crippen LogP contribution in [0.4, 0.5) is 5.69 Å². The third kappa shape index (κ3) is 3.36. The fourth-order valence-corrected chi connectivity index (χ4v) is 1.09. The average molecular weight is 245 g/mol. The van der Waals surface area contributed by atoms with E-state index in [1.54, 1.807) is 0 Å². The first-order chi connectivity index (χ1) is 5.52. The van der Waals surface area contributed by atoms with E-state index in [0.29, 0.717) is 0 Å². The van der Waals surface area contributed by atoms with Crippen LogP contribution in [0.5, 0.6) is 0 Å². The van der Waals surface area contributed by atoms with Gasteiger partial charge in [0.2, 0.25) is 0 Å². The number of hydrogen-bond donors (Lipinski definition) is 1. The molecule has 0 saturated heterocycles. The van der Waals surface area contributed by atoms with Crippen LogP contribution in [0.3, 0.4) is 0 Å². The number of nitrogens with two attached hydrogens (primary N) is 1. The van der Waals surface area contributed by atoms with E-state index in [-0.39, 0.29) is 72.9 Å². The van der Waals surface area contributed by atoms with Crippen LogP contribution in [0.15, 0.2) is 6.07 Å². The molecule has 1 aromatic rings.